The van der Waals surface area contributed by atoms with Gasteiger partial charge in [-0.25, -0.2) is 9.78 Å². The maximum Gasteiger partial charge on any atom is 0.407 e. The van der Waals surface area contributed by atoms with E-state index < -0.39 is 17.7 Å². The molecule has 33 heavy (non-hydrogen) atoms. The van der Waals surface area contributed by atoms with E-state index in [4.69, 9.17) is 4.74 Å². The van der Waals surface area contributed by atoms with Crippen LogP contribution >= 0.6 is 0 Å². The topological polar surface area (TPSA) is 126 Å². The Kier molecular flexibility index (Phi) is 5.26. The van der Waals surface area contributed by atoms with Crippen molar-refractivity contribution in [2.45, 2.75) is 50.2 Å². The molecule has 0 saturated carbocycles. The molecule has 0 radical (unpaired) electrons. The first-order valence-electron chi connectivity index (χ1n) is 11.2. The number of anilines is 1. The van der Waals surface area contributed by atoms with Crippen molar-refractivity contribution in [3.05, 3.63) is 46.8 Å². The van der Waals surface area contributed by atoms with E-state index in [0.717, 1.165) is 31.2 Å². The first kappa shape index (κ1) is 21.0. The third-order valence-corrected chi connectivity index (χ3v) is 7.01. The number of aromatic nitrogens is 2. The number of benzene rings is 1. The highest BCUT2D eigenvalue weighted by Crippen LogP contribution is 2.47. The van der Waals surface area contributed by atoms with Gasteiger partial charge in [-0.05, 0) is 43.2 Å². The van der Waals surface area contributed by atoms with Gasteiger partial charge in [-0.15, -0.1) is 0 Å². The van der Waals surface area contributed by atoms with Gasteiger partial charge in [0, 0.05) is 19.6 Å². The summed E-state index contributed by atoms with van der Waals surface area (Å²) in [6.45, 7) is 1.03. The summed E-state index contributed by atoms with van der Waals surface area (Å²) in [6.07, 6.45) is 3.51. The zero-order valence-electron chi connectivity index (χ0n) is 18.2. The van der Waals surface area contributed by atoms with Crippen molar-refractivity contribution in [1.82, 2.24) is 14.9 Å². The van der Waals surface area contributed by atoms with Crippen LogP contribution in [-0.4, -0.2) is 51.7 Å². The molecule has 1 aromatic heterocycles. The number of hydrogen-bond donors (Lipinski definition) is 1. The van der Waals surface area contributed by atoms with Gasteiger partial charge in [-0.1, -0.05) is 24.3 Å². The smallest absolute Gasteiger partial charge is 0.407 e. The normalized spacial score (nSPS) is 23.6. The highest BCUT2D eigenvalue weighted by atomic mass is 16.5. The van der Waals surface area contributed by atoms with Gasteiger partial charge in [0.05, 0.1) is 24.1 Å². The molecule has 2 atom stereocenters. The molecule has 3 heterocycles. The fraction of sp³-hybridized carbons (Fsp3) is 0.458. The highest BCUT2D eigenvalue weighted by Gasteiger charge is 2.43. The van der Waals surface area contributed by atoms with Gasteiger partial charge in [0.15, 0.2) is 0 Å². The van der Waals surface area contributed by atoms with Crippen molar-refractivity contribution in [1.29, 1.82) is 10.5 Å². The van der Waals surface area contributed by atoms with Crippen LogP contribution in [0.15, 0.2) is 24.3 Å². The molecular formula is C24H24N6O3. The monoisotopic (exact) mass is 444 g/mol. The molecule has 9 heteroatoms. The fourth-order valence-electron chi connectivity index (χ4n) is 5.46. The number of ether oxygens (including phenoxy) is 1. The molecular weight excluding hydrogens is 420 g/mol. The average Bonchev–Trinajstić information content (AvgIpc) is 2.83. The number of piperazine rings is 1. The van der Waals surface area contributed by atoms with Gasteiger partial charge < -0.3 is 19.6 Å². The third kappa shape index (κ3) is 3.60. The first-order valence-corrected chi connectivity index (χ1v) is 11.2. The third-order valence-electron chi connectivity index (χ3n) is 7.01. The molecule has 1 aromatic carbocycles. The van der Waals surface area contributed by atoms with Crippen LogP contribution in [0, 0.1) is 22.7 Å². The number of nitriles is 2. The van der Waals surface area contributed by atoms with E-state index in [-0.39, 0.29) is 18.8 Å². The number of fused-ring (bicyclic) bond motifs is 3. The minimum atomic E-state index is -1.03. The summed E-state index contributed by atoms with van der Waals surface area (Å²) in [5.41, 5.74) is 2.89. The zero-order valence-corrected chi connectivity index (χ0v) is 18.2. The number of nitrogens with zero attached hydrogens (tertiary/aromatic N) is 6. The summed E-state index contributed by atoms with van der Waals surface area (Å²) >= 11 is 0. The van der Waals surface area contributed by atoms with Crippen LogP contribution in [-0.2, 0) is 18.4 Å². The zero-order chi connectivity index (χ0) is 23.0. The lowest BCUT2D eigenvalue weighted by Gasteiger charge is -2.44. The molecule has 2 aromatic rings. The number of carboxylic acid groups (broad SMARTS) is 1. The van der Waals surface area contributed by atoms with Crippen LogP contribution in [0.2, 0.25) is 0 Å². The van der Waals surface area contributed by atoms with E-state index in [9.17, 15) is 20.4 Å². The summed E-state index contributed by atoms with van der Waals surface area (Å²) in [7, 11) is 0. The standard InChI is InChI=1S/C24H24N6O3/c25-11-8-17-15-29(12-13-30(17)23(31)32)21-18-7-10-24(33-22(18)28-20(14-26)27-21)9-3-5-16-4-1-2-6-19(16)24/h1-2,4,6,17H,3,5,7-10,12-13,15H2,(H,31,32)/t17-,24?/m0/s1. The molecule has 168 valence electrons. The molecule has 1 aliphatic carbocycles. The molecule has 2 aliphatic heterocycles. The Labute approximate surface area is 191 Å². The van der Waals surface area contributed by atoms with Crippen LogP contribution in [0.1, 0.15) is 48.2 Å². The van der Waals surface area contributed by atoms with Crippen LogP contribution in [0.25, 0.3) is 0 Å². The first-order chi connectivity index (χ1) is 16.0. The van der Waals surface area contributed by atoms with Gasteiger partial charge >= 0.3 is 6.09 Å². The largest absolute Gasteiger partial charge is 0.466 e. The molecule has 1 amide bonds. The van der Waals surface area contributed by atoms with Crippen molar-refractivity contribution in [3.63, 3.8) is 0 Å². The SMILES string of the molecule is N#CC[C@H]1CN(c2nc(C#N)nc3c2CCC2(CCCc4ccccc42)O3)CCN1C(=O)O. The second-order valence-corrected chi connectivity index (χ2v) is 8.81. The lowest BCUT2D eigenvalue weighted by Crippen LogP contribution is -2.55. The number of hydrogen-bond acceptors (Lipinski definition) is 7. The molecule has 1 unspecified atom stereocenters. The predicted octanol–water partition coefficient (Wildman–Crippen LogP) is 2.99. The van der Waals surface area contributed by atoms with Crippen LogP contribution < -0.4 is 9.64 Å². The molecule has 1 fully saturated rings. The van der Waals surface area contributed by atoms with Crippen molar-refractivity contribution in [3.8, 4) is 18.0 Å². The lowest BCUT2D eigenvalue weighted by molar-refractivity contribution is 0.0199. The maximum atomic E-state index is 11.6. The summed E-state index contributed by atoms with van der Waals surface area (Å²) in [6, 6.07) is 12.0. The second-order valence-electron chi connectivity index (χ2n) is 8.81. The van der Waals surface area contributed by atoms with Crippen LogP contribution in [0.4, 0.5) is 10.6 Å². The van der Waals surface area contributed by atoms with E-state index in [1.807, 2.05) is 17.0 Å². The average molecular weight is 444 g/mol. The summed E-state index contributed by atoms with van der Waals surface area (Å²) in [5, 5.41) is 28.3. The Hall–Kier alpha value is -3.85. The molecule has 0 bridgehead atoms. The van der Waals surface area contributed by atoms with E-state index >= 15 is 0 Å². The summed E-state index contributed by atoms with van der Waals surface area (Å²) in [4.78, 5) is 23.8. The second kappa shape index (κ2) is 8.25. The predicted molar refractivity (Wildman–Crippen MR) is 118 cm³/mol. The van der Waals surface area contributed by atoms with Gasteiger partial charge in [-0.2, -0.15) is 15.5 Å². The minimum absolute atomic E-state index is 0.0300. The Morgan fingerprint density at radius 2 is 2.06 bits per heavy atom. The molecule has 1 saturated heterocycles. The van der Waals surface area contributed by atoms with Gasteiger partial charge in [0.25, 0.3) is 0 Å². The van der Waals surface area contributed by atoms with Crippen molar-refractivity contribution in [2.75, 3.05) is 24.5 Å². The molecule has 1 spiro atoms. The van der Waals surface area contributed by atoms with Gasteiger partial charge in [0.2, 0.25) is 11.7 Å². The number of rotatable bonds is 2. The number of carbonyl (C=O) groups is 1. The molecule has 1 N–H and O–H groups in total. The summed E-state index contributed by atoms with van der Waals surface area (Å²) < 4.78 is 6.61. The van der Waals surface area contributed by atoms with E-state index in [2.05, 4.69) is 34.2 Å². The number of aryl methyl sites for hydroxylation is 1. The quantitative estimate of drug-likeness (QED) is 0.749. The molecule has 9 nitrogen and oxygen atoms in total. The van der Waals surface area contributed by atoms with Crippen molar-refractivity contribution in [2.24, 2.45) is 0 Å². The Morgan fingerprint density at radius 3 is 2.85 bits per heavy atom. The highest BCUT2D eigenvalue weighted by molar-refractivity contribution is 5.66. The van der Waals surface area contributed by atoms with Gasteiger partial charge in [0.1, 0.15) is 17.5 Å². The Morgan fingerprint density at radius 1 is 1.21 bits per heavy atom. The molecule has 5 rings (SSSR count). The molecule has 3 aliphatic rings. The fourth-order valence-corrected chi connectivity index (χ4v) is 5.46. The maximum absolute atomic E-state index is 11.6. The Balaban J connectivity index is 1.51. The van der Waals surface area contributed by atoms with Crippen LogP contribution in [0.5, 0.6) is 5.88 Å². The van der Waals surface area contributed by atoms with Crippen LogP contribution in [0.3, 0.4) is 0 Å². The van der Waals surface area contributed by atoms with Crippen molar-refractivity contribution < 1.29 is 14.6 Å². The van der Waals surface area contributed by atoms with E-state index in [1.54, 1.807) is 0 Å². The van der Waals surface area contributed by atoms with Gasteiger partial charge in [-0.3, -0.25) is 0 Å². The Bertz CT molecular complexity index is 1190. The van der Waals surface area contributed by atoms with E-state index in [0.29, 0.717) is 31.2 Å². The number of amides is 1. The summed E-state index contributed by atoms with van der Waals surface area (Å²) in [5.74, 6) is 1.09. The lowest BCUT2D eigenvalue weighted by atomic mass is 9.75. The van der Waals surface area contributed by atoms with E-state index in [1.165, 1.54) is 16.0 Å². The van der Waals surface area contributed by atoms with Crippen molar-refractivity contribution >= 4 is 11.9 Å². The minimum Gasteiger partial charge on any atom is -0.466 e.